The van der Waals surface area contributed by atoms with Crippen LogP contribution in [0.1, 0.15) is 11.1 Å². The molecule has 1 aromatic rings. The molecule has 1 fully saturated rings. The van der Waals surface area contributed by atoms with Gasteiger partial charge in [-0.1, -0.05) is 29.8 Å². The summed E-state index contributed by atoms with van der Waals surface area (Å²) in [6.45, 7) is 4.03. The number of β-amino-alcohol motifs (C(OH)–C–C–N with tert-alkyl or cyclic N) is 1. The summed E-state index contributed by atoms with van der Waals surface area (Å²) in [5.74, 6) is 1.50. The number of nitrogens with one attached hydrogen (secondary N) is 2. The fourth-order valence-electron chi connectivity index (χ4n) is 2.29. The van der Waals surface area contributed by atoms with Crippen LogP contribution in [-0.4, -0.2) is 42.5 Å². The molecule has 0 bridgehead atoms. The van der Waals surface area contributed by atoms with E-state index in [1.807, 2.05) is 6.07 Å². The molecule has 4 nitrogen and oxygen atoms in total. The number of aliphatic hydroxyl groups is 1. The summed E-state index contributed by atoms with van der Waals surface area (Å²) in [5, 5.41) is 15.6. The monoisotopic (exact) mass is 294 g/mol. The minimum Gasteiger partial charge on any atom is -0.391 e. The summed E-state index contributed by atoms with van der Waals surface area (Å²) in [7, 11) is 0. The molecule has 5 heteroatoms. The maximum Gasteiger partial charge on any atom is 0.230 e. The molecule has 0 spiro atoms. The van der Waals surface area contributed by atoms with Gasteiger partial charge in [-0.25, -0.2) is 0 Å². The Morgan fingerprint density at radius 3 is 3.05 bits per heavy atom. The van der Waals surface area contributed by atoms with Crippen LogP contribution in [-0.2, 0) is 10.5 Å². The topological polar surface area (TPSA) is 61.4 Å². The van der Waals surface area contributed by atoms with Gasteiger partial charge in [0.15, 0.2) is 0 Å². The fourth-order valence-corrected chi connectivity index (χ4v) is 3.09. The van der Waals surface area contributed by atoms with Crippen molar-refractivity contribution in [1.29, 1.82) is 0 Å². The highest BCUT2D eigenvalue weighted by Gasteiger charge is 2.24. The minimum absolute atomic E-state index is 0.0433. The van der Waals surface area contributed by atoms with Crippen molar-refractivity contribution in [3.63, 3.8) is 0 Å². The number of hydrogen-bond donors (Lipinski definition) is 3. The largest absolute Gasteiger partial charge is 0.391 e. The lowest BCUT2D eigenvalue weighted by Gasteiger charge is -2.13. The molecule has 2 unspecified atom stereocenters. The standard InChI is InChI=1S/C15H22N2O2S/c1-11-3-2-4-12(5-11)9-20-10-15(19)17-7-13-6-16-8-14(13)18/h2-5,13-14,16,18H,6-10H2,1H3,(H,17,19). The Labute approximate surface area is 124 Å². The zero-order valence-electron chi connectivity index (χ0n) is 11.8. The number of amides is 1. The molecule has 0 aliphatic carbocycles. The summed E-state index contributed by atoms with van der Waals surface area (Å²) >= 11 is 1.62. The first-order valence-corrected chi connectivity index (χ1v) is 8.09. The first-order chi connectivity index (χ1) is 9.65. The van der Waals surface area contributed by atoms with Crippen molar-refractivity contribution in [2.75, 3.05) is 25.4 Å². The lowest BCUT2D eigenvalue weighted by atomic mass is 10.1. The highest BCUT2D eigenvalue weighted by Crippen LogP contribution is 2.13. The third-order valence-corrected chi connectivity index (χ3v) is 4.45. The Morgan fingerprint density at radius 2 is 2.35 bits per heavy atom. The van der Waals surface area contributed by atoms with E-state index in [4.69, 9.17) is 0 Å². The van der Waals surface area contributed by atoms with E-state index in [2.05, 4.69) is 35.8 Å². The van der Waals surface area contributed by atoms with Crippen LogP contribution in [0.25, 0.3) is 0 Å². The number of benzene rings is 1. The van der Waals surface area contributed by atoms with Crippen molar-refractivity contribution in [3.05, 3.63) is 35.4 Å². The predicted octanol–water partition coefficient (Wildman–Crippen LogP) is 0.925. The minimum atomic E-state index is -0.338. The average molecular weight is 294 g/mol. The van der Waals surface area contributed by atoms with E-state index in [-0.39, 0.29) is 17.9 Å². The van der Waals surface area contributed by atoms with E-state index in [0.717, 1.165) is 12.3 Å². The summed E-state index contributed by atoms with van der Waals surface area (Å²) in [4.78, 5) is 11.7. The van der Waals surface area contributed by atoms with Crippen LogP contribution in [0.2, 0.25) is 0 Å². The van der Waals surface area contributed by atoms with Crippen LogP contribution in [0.4, 0.5) is 0 Å². The zero-order chi connectivity index (χ0) is 14.4. The first-order valence-electron chi connectivity index (χ1n) is 6.94. The molecule has 2 rings (SSSR count). The molecule has 0 aromatic heterocycles. The Bertz CT molecular complexity index is 453. The van der Waals surface area contributed by atoms with Crippen LogP contribution < -0.4 is 10.6 Å². The molecule has 1 saturated heterocycles. The molecule has 1 aromatic carbocycles. The number of aryl methyl sites for hydroxylation is 1. The van der Waals surface area contributed by atoms with Gasteiger partial charge in [0.05, 0.1) is 11.9 Å². The SMILES string of the molecule is Cc1cccc(CSCC(=O)NCC2CNCC2O)c1. The zero-order valence-corrected chi connectivity index (χ0v) is 12.6. The third kappa shape index (κ3) is 4.81. The normalized spacial score (nSPS) is 21.9. The molecule has 110 valence electrons. The summed E-state index contributed by atoms with van der Waals surface area (Å²) < 4.78 is 0. The van der Waals surface area contributed by atoms with Crippen molar-refractivity contribution < 1.29 is 9.90 Å². The van der Waals surface area contributed by atoms with E-state index < -0.39 is 0 Å². The second kappa shape index (κ2) is 7.67. The van der Waals surface area contributed by atoms with Gasteiger partial charge < -0.3 is 15.7 Å². The Morgan fingerprint density at radius 1 is 1.50 bits per heavy atom. The molecule has 2 atom stereocenters. The molecule has 20 heavy (non-hydrogen) atoms. The number of hydrogen-bond acceptors (Lipinski definition) is 4. The van der Waals surface area contributed by atoms with Crippen molar-refractivity contribution >= 4 is 17.7 Å². The molecular formula is C15H22N2O2S. The number of thioether (sulfide) groups is 1. The van der Waals surface area contributed by atoms with Gasteiger partial charge >= 0.3 is 0 Å². The molecule has 0 radical (unpaired) electrons. The van der Waals surface area contributed by atoms with Crippen molar-refractivity contribution in [2.24, 2.45) is 5.92 Å². The number of rotatable bonds is 6. The maximum atomic E-state index is 11.7. The lowest BCUT2D eigenvalue weighted by Crippen LogP contribution is -2.35. The smallest absolute Gasteiger partial charge is 0.230 e. The van der Waals surface area contributed by atoms with E-state index in [1.54, 1.807) is 11.8 Å². The van der Waals surface area contributed by atoms with Gasteiger partial charge in [0.1, 0.15) is 0 Å². The van der Waals surface area contributed by atoms with Gasteiger partial charge in [0.25, 0.3) is 0 Å². The molecule has 0 saturated carbocycles. The van der Waals surface area contributed by atoms with Crippen LogP contribution in [0.5, 0.6) is 0 Å². The molecular weight excluding hydrogens is 272 g/mol. The second-order valence-corrected chi connectivity index (χ2v) is 6.26. The van der Waals surface area contributed by atoms with Gasteiger partial charge in [-0.2, -0.15) is 0 Å². The van der Waals surface area contributed by atoms with Crippen molar-refractivity contribution in [2.45, 2.75) is 18.8 Å². The quantitative estimate of drug-likeness (QED) is 0.730. The first kappa shape index (κ1) is 15.4. The van der Waals surface area contributed by atoms with Gasteiger partial charge in [0, 0.05) is 31.3 Å². The van der Waals surface area contributed by atoms with Gasteiger partial charge in [-0.15, -0.1) is 11.8 Å². The Balaban J connectivity index is 1.63. The lowest BCUT2D eigenvalue weighted by molar-refractivity contribution is -0.118. The predicted molar refractivity (Wildman–Crippen MR) is 82.7 cm³/mol. The van der Waals surface area contributed by atoms with E-state index in [0.29, 0.717) is 18.8 Å². The summed E-state index contributed by atoms with van der Waals surface area (Å²) in [6, 6.07) is 8.34. The summed E-state index contributed by atoms with van der Waals surface area (Å²) in [5.41, 5.74) is 2.49. The van der Waals surface area contributed by atoms with Crippen LogP contribution in [0.15, 0.2) is 24.3 Å². The van der Waals surface area contributed by atoms with Gasteiger partial charge in [-0.05, 0) is 12.5 Å². The van der Waals surface area contributed by atoms with Crippen LogP contribution in [0.3, 0.4) is 0 Å². The molecule has 1 aliphatic rings. The van der Waals surface area contributed by atoms with Crippen molar-refractivity contribution in [3.8, 4) is 0 Å². The van der Waals surface area contributed by atoms with Gasteiger partial charge in [-0.3, -0.25) is 4.79 Å². The highest BCUT2D eigenvalue weighted by molar-refractivity contribution is 7.99. The Kier molecular flexibility index (Phi) is 5.88. The number of carbonyl (C=O) groups excluding carboxylic acids is 1. The van der Waals surface area contributed by atoms with E-state index in [9.17, 15) is 9.90 Å². The molecule has 1 heterocycles. The highest BCUT2D eigenvalue weighted by atomic mass is 32.2. The molecule has 1 aliphatic heterocycles. The fraction of sp³-hybridized carbons (Fsp3) is 0.533. The Hall–Kier alpha value is -1.04. The second-order valence-electron chi connectivity index (χ2n) is 5.27. The van der Waals surface area contributed by atoms with Crippen molar-refractivity contribution in [1.82, 2.24) is 10.6 Å². The van der Waals surface area contributed by atoms with Crippen LogP contribution >= 0.6 is 11.8 Å². The molecule has 3 N–H and O–H groups in total. The van der Waals surface area contributed by atoms with E-state index in [1.165, 1.54) is 11.1 Å². The van der Waals surface area contributed by atoms with E-state index >= 15 is 0 Å². The molecule has 1 amide bonds. The maximum absolute atomic E-state index is 11.7. The van der Waals surface area contributed by atoms with Crippen LogP contribution in [0, 0.1) is 12.8 Å². The van der Waals surface area contributed by atoms with Gasteiger partial charge in [0.2, 0.25) is 5.91 Å². The third-order valence-electron chi connectivity index (χ3n) is 3.45. The number of aliphatic hydroxyl groups excluding tert-OH is 1. The number of carbonyl (C=O) groups is 1. The summed E-state index contributed by atoms with van der Waals surface area (Å²) in [6.07, 6.45) is -0.338. The average Bonchev–Trinajstić information content (AvgIpc) is 2.82.